The van der Waals surface area contributed by atoms with Crippen LogP contribution in [0, 0.1) is 0 Å². The highest BCUT2D eigenvalue weighted by Gasteiger charge is 2.31. The molecule has 11 rings (SSSR count). The molecule has 54 heavy (non-hydrogen) atoms. The van der Waals surface area contributed by atoms with Gasteiger partial charge in [-0.25, -0.2) is 0 Å². The lowest BCUT2D eigenvalue weighted by molar-refractivity contribution is 0.0710. The van der Waals surface area contributed by atoms with Crippen molar-refractivity contribution in [3.05, 3.63) is 146 Å². The smallest absolute Gasteiger partial charge is 0.387 e. The fourth-order valence-corrected chi connectivity index (χ4v) is 10.7. The molecule has 1 fully saturated rings. The molecule has 2 aromatic heterocycles. The highest BCUT2D eigenvalue weighted by atomic mass is 31.1. The van der Waals surface area contributed by atoms with Crippen molar-refractivity contribution in [2.75, 3.05) is 0 Å². The fourth-order valence-electron chi connectivity index (χ4n) is 8.31. The Morgan fingerprint density at radius 3 is 0.926 bits per heavy atom. The second kappa shape index (κ2) is 13.1. The average Bonchev–Trinajstić information content (AvgIpc) is 3.49. The predicted octanol–water partition coefficient (Wildman–Crippen LogP) is 14.4. The monoisotopic (exact) mass is 744 g/mol. The van der Waals surface area contributed by atoms with Gasteiger partial charge >= 0.3 is 16.5 Å². The summed E-state index contributed by atoms with van der Waals surface area (Å²) >= 11 is 0. The molecule has 1 aliphatic carbocycles. The third-order valence-electron chi connectivity index (χ3n) is 10.8. The van der Waals surface area contributed by atoms with Crippen LogP contribution in [-0.4, -0.2) is 12.2 Å². The van der Waals surface area contributed by atoms with Gasteiger partial charge in [0.15, 0.2) is 0 Å². The quantitative estimate of drug-likeness (QED) is 0.179. The van der Waals surface area contributed by atoms with Gasteiger partial charge in [-0.15, -0.1) is 0 Å². The van der Waals surface area contributed by atoms with Crippen LogP contribution in [0.5, 0.6) is 0 Å². The molecule has 264 valence electrons. The third kappa shape index (κ3) is 5.41. The van der Waals surface area contributed by atoms with E-state index >= 15 is 0 Å². The van der Waals surface area contributed by atoms with Gasteiger partial charge < -0.3 is 16.8 Å². The van der Waals surface area contributed by atoms with Crippen molar-refractivity contribution in [3.63, 3.8) is 0 Å². The summed E-state index contributed by atoms with van der Waals surface area (Å²) in [6.45, 7) is 0. The molecule has 6 nitrogen and oxygen atoms in total. The summed E-state index contributed by atoms with van der Waals surface area (Å²) in [5.41, 5.74) is 2.98. The predicted molar refractivity (Wildman–Crippen MR) is 222 cm³/mol. The fraction of sp³-hybridized carbons (Fsp3) is 0.130. The van der Waals surface area contributed by atoms with Gasteiger partial charge in [0.05, 0.1) is 0 Å². The number of hydrogen-bond donors (Lipinski definition) is 0. The zero-order valence-corrected chi connectivity index (χ0v) is 31.0. The Morgan fingerprint density at radius 1 is 0.352 bits per heavy atom. The Hall–Kier alpha value is -5.48. The molecule has 0 N–H and O–H groups in total. The zero-order chi connectivity index (χ0) is 35.6. The van der Waals surface area contributed by atoms with Crippen LogP contribution in [-0.2, 0) is 0 Å². The van der Waals surface area contributed by atoms with Crippen molar-refractivity contribution in [2.24, 2.45) is 0 Å². The first-order valence-corrected chi connectivity index (χ1v) is 20.7. The van der Waals surface area contributed by atoms with E-state index in [1.165, 1.54) is 0 Å². The van der Waals surface area contributed by atoms with E-state index in [-0.39, 0.29) is 12.2 Å². The minimum absolute atomic E-state index is 0.291. The minimum Gasteiger partial charge on any atom is -0.399 e. The molecule has 0 aliphatic heterocycles. The maximum Gasteiger partial charge on any atom is 0.387 e. The maximum absolute atomic E-state index is 6.88. The number of fused-ring (bicyclic) bond motifs is 14. The van der Waals surface area contributed by atoms with Crippen molar-refractivity contribution in [1.82, 2.24) is 0 Å². The molecule has 8 aromatic carbocycles. The van der Waals surface area contributed by atoms with Crippen LogP contribution in [0.15, 0.2) is 162 Å². The lowest BCUT2D eigenvalue weighted by atomic mass is 9.95. The second-order valence-electron chi connectivity index (χ2n) is 14.0. The molecule has 2 atom stereocenters. The molecule has 2 heterocycles. The van der Waals surface area contributed by atoms with E-state index in [1.54, 1.807) is 0 Å². The van der Waals surface area contributed by atoms with Crippen molar-refractivity contribution < 1.29 is 25.8 Å². The summed E-state index contributed by atoms with van der Waals surface area (Å²) in [6.07, 6.45) is 3.05. The number of benzene rings is 8. The number of hydrogen-bond acceptors (Lipinski definition) is 6. The average molecular weight is 745 g/mol. The van der Waals surface area contributed by atoms with E-state index in [1.807, 2.05) is 24.3 Å². The van der Waals surface area contributed by atoms with Crippen molar-refractivity contribution >= 4 is 103 Å². The molecule has 0 saturated heterocycles. The zero-order valence-electron chi connectivity index (χ0n) is 29.2. The molecular formula is C46H34O6P2. The molecule has 10 aromatic rings. The van der Waals surface area contributed by atoms with E-state index in [2.05, 4.69) is 121 Å². The molecule has 8 heteroatoms. The summed E-state index contributed by atoms with van der Waals surface area (Å²) in [7, 11) is -3.68. The van der Waals surface area contributed by atoms with Gasteiger partial charge in [-0.3, -0.25) is 9.05 Å². The summed E-state index contributed by atoms with van der Waals surface area (Å²) in [5.74, 6) is 0. The van der Waals surface area contributed by atoms with Crippen molar-refractivity contribution in [1.29, 1.82) is 0 Å². The maximum atomic E-state index is 6.88. The topological polar surface area (TPSA) is 71.0 Å². The van der Waals surface area contributed by atoms with Gasteiger partial charge in [0.2, 0.25) is 0 Å². The molecule has 0 radical (unpaired) electrons. The first-order chi connectivity index (χ1) is 26.7. The third-order valence-corrected chi connectivity index (χ3v) is 13.1. The molecule has 0 spiro atoms. The van der Waals surface area contributed by atoms with Crippen LogP contribution in [0.1, 0.15) is 25.7 Å². The second-order valence-corrected chi connectivity index (χ2v) is 16.1. The summed E-state index contributed by atoms with van der Waals surface area (Å²) in [5, 5.41) is 13.1. The van der Waals surface area contributed by atoms with Crippen LogP contribution in [0.4, 0.5) is 0 Å². The lowest BCUT2D eigenvalue weighted by Gasteiger charge is -2.28. The molecular weight excluding hydrogens is 710 g/mol. The first-order valence-electron chi connectivity index (χ1n) is 18.5. The van der Waals surface area contributed by atoms with Crippen LogP contribution in [0.25, 0.3) is 87.0 Å². The van der Waals surface area contributed by atoms with Crippen LogP contribution in [0.2, 0.25) is 0 Å². The van der Waals surface area contributed by atoms with Crippen LogP contribution in [0.3, 0.4) is 0 Å². The Bertz CT molecular complexity index is 2760. The van der Waals surface area contributed by atoms with Gasteiger partial charge in [-0.2, -0.15) is 0 Å². The molecule has 0 amide bonds. The van der Waals surface area contributed by atoms with Gasteiger partial charge in [-0.1, -0.05) is 134 Å². The Balaban J connectivity index is 1.05. The molecule has 1 aliphatic rings. The van der Waals surface area contributed by atoms with E-state index in [0.717, 1.165) is 113 Å². The number of rotatable bonds is 4. The first kappa shape index (κ1) is 32.0. The van der Waals surface area contributed by atoms with Crippen LogP contribution < -0.4 is 9.05 Å². The van der Waals surface area contributed by atoms with Gasteiger partial charge in [0, 0.05) is 21.5 Å². The largest absolute Gasteiger partial charge is 0.399 e. The SMILES string of the molecule is c1ccc2c(c1)ccc1op(O[C@H]3CCCC[C@@H]3Op3oc4ccc5ccccc5c4c4c(ccc5ccccc54)o3)oc3ccc4ccccc4c3c12. The van der Waals surface area contributed by atoms with Crippen molar-refractivity contribution in [2.45, 2.75) is 37.9 Å². The summed E-state index contributed by atoms with van der Waals surface area (Å²) in [4.78, 5) is 0. The Kier molecular flexibility index (Phi) is 7.78. The molecule has 0 bridgehead atoms. The summed E-state index contributed by atoms with van der Waals surface area (Å²) in [6, 6.07) is 50.3. The molecule has 0 unspecified atom stereocenters. The highest BCUT2D eigenvalue weighted by molar-refractivity contribution is 7.32. The lowest BCUT2D eigenvalue weighted by Crippen LogP contribution is -2.37. The van der Waals surface area contributed by atoms with E-state index in [9.17, 15) is 0 Å². The van der Waals surface area contributed by atoms with Gasteiger partial charge in [-0.05, 0) is 80.2 Å². The van der Waals surface area contributed by atoms with E-state index in [0.29, 0.717) is 0 Å². The summed E-state index contributed by atoms with van der Waals surface area (Å²) < 4.78 is 40.7. The van der Waals surface area contributed by atoms with E-state index < -0.39 is 16.5 Å². The van der Waals surface area contributed by atoms with E-state index in [4.69, 9.17) is 25.8 Å². The van der Waals surface area contributed by atoms with Crippen molar-refractivity contribution in [3.8, 4) is 0 Å². The van der Waals surface area contributed by atoms with Gasteiger partial charge in [0.1, 0.15) is 34.5 Å². The standard InChI is InChI=1S/C46H34O6P2/c1-5-15-33-29(11-1)21-25-39-43(33)44-34-16-6-2-12-30(34)22-26-40(44)50-53(49-39)47-37-19-9-10-20-38(37)48-54-51-41-27-23-31-13-3-7-17-35(31)45(41)46-36-18-8-4-14-32(36)24-28-42(46)52-54/h1-8,11-18,21-28,37-38H,9-10,19-20H2/t37-,38-/m0/s1. The normalized spacial score (nSPS) is 16.4. The molecule has 1 saturated carbocycles. The Morgan fingerprint density at radius 2 is 0.630 bits per heavy atom. The van der Waals surface area contributed by atoms with Gasteiger partial charge in [0.25, 0.3) is 0 Å². The van der Waals surface area contributed by atoms with Crippen LogP contribution >= 0.6 is 16.5 Å². The highest BCUT2D eigenvalue weighted by Crippen LogP contribution is 2.44. The minimum atomic E-state index is -1.84. The Labute approximate surface area is 311 Å².